The molecule has 0 unspecified atom stereocenters. The van der Waals surface area contributed by atoms with Gasteiger partial charge in [0.15, 0.2) is 5.82 Å². The van der Waals surface area contributed by atoms with Crippen LogP contribution in [-0.2, 0) is 6.54 Å². The first-order valence-corrected chi connectivity index (χ1v) is 8.12. The number of hydrogen-bond donors (Lipinski definition) is 1. The Bertz CT molecular complexity index is 773. The van der Waals surface area contributed by atoms with Crippen LogP contribution in [0.5, 0.6) is 0 Å². The molecule has 0 amide bonds. The summed E-state index contributed by atoms with van der Waals surface area (Å²) in [4.78, 5) is 6.81. The Kier molecular flexibility index (Phi) is 3.80. The summed E-state index contributed by atoms with van der Waals surface area (Å²) >= 11 is 0. The van der Waals surface area contributed by atoms with E-state index in [0.717, 1.165) is 18.0 Å². The fourth-order valence-corrected chi connectivity index (χ4v) is 3.05. The van der Waals surface area contributed by atoms with Gasteiger partial charge in [0.1, 0.15) is 6.33 Å². The molecular weight excluding hydrogens is 288 g/mol. The largest absolute Gasteiger partial charge is 0.372 e. The van der Waals surface area contributed by atoms with Crippen LogP contribution in [0.4, 0.5) is 11.5 Å². The quantitative estimate of drug-likeness (QED) is 0.803. The van der Waals surface area contributed by atoms with Gasteiger partial charge in [0.2, 0.25) is 5.65 Å². The summed E-state index contributed by atoms with van der Waals surface area (Å²) in [5.74, 6) is 0.755. The van der Waals surface area contributed by atoms with E-state index in [1.165, 1.54) is 43.6 Å². The van der Waals surface area contributed by atoms with Gasteiger partial charge in [-0.05, 0) is 37.0 Å². The molecule has 1 N–H and O–H groups in total. The Balaban J connectivity index is 1.44. The second-order valence-electron chi connectivity index (χ2n) is 5.91. The topological polar surface area (TPSA) is 58.4 Å². The van der Waals surface area contributed by atoms with Crippen molar-refractivity contribution >= 4 is 17.2 Å². The molecule has 1 aromatic carbocycles. The highest BCUT2D eigenvalue weighted by Crippen LogP contribution is 2.20. The lowest BCUT2D eigenvalue weighted by atomic mass is 10.1. The van der Waals surface area contributed by atoms with Crippen LogP contribution >= 0.6 is 0 Å². The van der Waals surface area contributed by atoms with Crippen LogP contribution in [0.2, 0.25) is 0 Å². The minimum atomic E-state index is 0.722. The molecular formula is C17H20N6. The first kappa shape index (κ1) is 14.0. The predicted molar refractivity (Wildman–Crippen MR) is 90.6 cm³/mol. The molecule has 0 atom stereocenters. The third-order valence-corrected chi connectivity index (χ3v) is 4.33. The van der Waals surface area contributed by atoms with Crippen molar-refractivity contribution < 1.29 is 0 Å². The number of anilines is 2. The average Bonchev–Trinajstić information content (AvgIpc) is 3.10. The summed E-state index contributed by atoms with van der Waals surface area (Å²) < 4.78 is 1.86. The molecule has 3 heterocycles. The average molecular weight is 308 g/mol. The molecule has 1 aliphatic rings. The van der Waals surface area contributed by atoms with Gasteiger partial charge in [0.25, 0.3) is 0 Å². The predicted octanol–water partition coefficient (Wildman–Crippen LogP) is 2.73. The van der Waals surface area contributed by atoms with Gasteiger partial charge < -0.3 is 10.2 Å². The van der Waals surface area contributed by atoms with Crippen LogP contribution in [0.25, 0.3) is 5.65 Å². The van der Waals surface area contributed by atoms with E-state index in [9.17, 15) is 0 Å². The molecule has 0 bridgehead atoms. The van der Waals surface area contributed by atoms with E-state index in [0.29, 0.717) is 0 Å². The summed E-state index contributed by atoms with van der Waals surface area (Å²) in [5, 5.41) is 11.3. The SMILES string of the molecule is c1cn2cnnc2c(NCc2ccc(N3CCCCC3)cc2)n1. The molecule has 2 aromatic heterocycles. The standard InChI is InChI=1S/C17H20N6/c1-2-9-22(10-3-1)15-6-4-14(5-7-15)12-19-16-17-21-20-13-23(17)11-8-18-16/h4-8,11,13H,1-3,9-10,12H2,(H,18,19). The number of nitrogens with one attached hydrogen (secondary N) is 1. The highest BCUT2D eigenvalue weighted by atomic mass is 15.2. The van der Waals surface area contributed by atoms with Crippen LogP contribution in [-0.4, -0.2) is 32.7 Å². The maximum absolute atomic E-state index is 4.34. The molecule has 0 aliphatic carbocycles. The second kappa shape index (κ2) is 6.24. The lowest BCUT2D eigenvalue weighted by Crippen LogP contribution is -2.29. The Morgan fingerprint density at radius 2 is 1.87 bits per heavy atom. The van der Waals surface area contributed by atoms with E-state index in [1.807, 2.05) is 10.6 Å². The molecule has 0 spiro atoms. The van der Waals surface area contributed by atoms with Crippen molar-refractivity contribution in [2.24, 2.45) is 0 Å². The molecule has 0 radical (unpaired) electrons. The monoisotopic (exact) mass is 308 g/mol. The van der Waals surface area contributed by atoms with Crippen LogP contribution in [0, 0.1) is 0 Å². The van der Waals surface area contributed by atoms with Crippen LogP contribution < -0.4 is 10.2 Å². The molecule has 1 fully saturated rings. The summed E-state index contributed by atoms with van der Waals surface area (Å²) in [6, 6.07) is 8.79. The van der Waals surface area contributed by atoms with Gasteiger partial charge >= 0.3 is 0 Å². The van der Waals surface area contributed by atoms with Gasteiger partial charge in [0.05, 0.1) is 0 Å². The van der Waals surface area contributed by atoms with Crippen molar-refractivity contribution in [2.45, 2.75) is 25.8 Å². The molecule has 0 saturated carbocycles. The summed E-state index contributed by atoms with van der Waals surface area (Å²) in [7, 11) is 0. The minimum absolute atomic E-state index is 0.722. The lowest BCUT2D eigenvalue weighted by molar-refractivity contribution is 0.578. The van der Waals surface area contributed by atoms with Crippen molar-refractivity contribution in [3.8, 4) is 0 Å². The van der Waals surface area contributed by atoms with Gasteiger partial charge in [-0.2, -0.15) is 0 Å². The number of nitrogens with zero attached hydrogens (tertiary/aromatic N) is 5. The number of hydrogen-bond acceptors (Lipinski definition) is 5. The Hall–Kier alpha value is -2.63. The van der Waals surface area contributed by atoms with E-state index < -0.39 is 0 Å². The highest BCUT2D eigenvalue weighted by molar-refractivity contribution is 5.61. The fraction of sp³-hybridized carbons (Fsp3) is 0.353. The second-order valence-corrected chi connectivity index (χ2v) is 5.91. The molecule has 3 aromatic rings. The first-order chi connectivity index (χ1) is 11.4. The van der Waals surface area contributed by atoms with Gasteiger partial charge in [-0.15, -0.1) is 10.2 Å². The van der Waals surface area contributed by atoms with E-state index in [1.54, 1.807) is 12.5 Å². The van der Waals surface area contributed by atoms with Gasteiger partial charge in [-0.25, -0.2) is 4.98 Å². The van der Waals surface area contributed by atoms with Crippen molar-refractivity contribution in [3.05, 3.63) is 48.5 Å². The number of benzene rings is 1. The van der Waals surface area contributed by atoms with Gasteiger partial charge in [-0.3, -0.25) is 4.40 Å². The van der Waals surface area contributed by atoms with E-state index >= 15 is 0 Å². The zero-order valence-corrected chi connectivity index (χ0v) is 13.0. The van der Waals surface area contributed by atoms with Gasteiger partial charge in [0, 0.05) is 37.7 Å². The van der Waals surface area contributed by atoms with Gasteiger partial charge in [-0.1, -0.05) is 12.1 Å². The molecule has 1 aliphatic heterocycles. The first-order valence-electron chi connectivity index (χ1n) is 8.12. The highest BCUT2D eigenvalue weighted by Gasteiger charge is 2.10. The zero-order chi connectivity index (χ0) is 15.5. The normalized spacial score (nSPS) is 15.0. The lowest BCUT2D eigenvalue weighted by Gasteiger charge is -2.28. The van der Waals surface area contributed by atoms with Crippen molar-refractivity contribution in [2.75, 3.05) is 23.3 Å². The molecule has 118 valence electrons. The van der Waals surface area contributed by atoms with E-state index in [2.05, 4.69) is 49.7 Å². The Morgan fingerprint density at radius 3 is 2.70 bits per heavy atom. The molecule has 6 nitrogen and oxygen atoms in total. The number of fused-ring (bicyclic) bond motifs is 1. The summed E-state index contributed by atoms with van der Waals surface area (Å²) in [6.07, 6.45) is 9.23. The van der Waals surface area contributed by atoms with Crippen molar-refractivity contribution in [1.29, 1.82) is 0 Å². The van der Waals surface area contributed by atoms with Crippen LogP contribution in [0.3, 0.4) is 0 Å². The number of piperidine rings is 1. The fourth-order valence-electron chi connectivity index (χ4n) is 3.05. The van der Waals surface area contributed by atoms with E-state index in [-0.39, 0.29) is 0 Å². The van der Waals surface area contributed by atoms with Crippen LogP contribution in [0.1, 0.15) is 24.8 Å². The Labute approximate surface area is 135 Å². The van der Waals surface area contributed by atoms with E-state index in [4.69, 9.17) is 0 Å². The smallest absolute Gasteiger partial charge is 0.203 e. The molecule has 4 rings (SSSR count). The molecule has 1 saturated heterocycles. The summed E-state index contributed by atoms with van der Waals surface area (Å²) in [6.45, 7) is 3.08. The third-order valence-electron chi connectivity index (χ3n) is 4.33. The molecule has 6 heteroatoms. The molecule has 23 heavy (non-hydrogen) atoms. The minimum Gasteiger partial charge on any atom is -0.372 e. The third kappa shape index (κ3) is 2.97. The zero-order valence-electron chi connectivity index (χ0n) is 13.0. The maximum Gasteiger partial charge on any atom is 0.203 e. The maximum atomic E-state index is 4.34. The van der Waals surface area contributed by atoms with Crippen LogP contribution in [0.15, 0.2) is 43.0 Å². The number of aromatic nitrogens is 4. The number of rotatable bonds is 4. The van der Waals surface area contributed by atoms with Crippen molar-refractivity contribution in [3.63, 3.8) is 0 Å². The summed E-state index contributed by atoms with van der Waals surface area (Å²) in [5.41, 5.74) is 3.30. The Morgan fingerprint density at radius 1 is 1.04 bits per heavy atom. The van der Waals surface area contributed by atoms with Crippen molar-refractivity contribution in [1.82, 2.24) is 19.6 Å².